The fourth-order valence-corrected chi connectivity index (χ4v) is 3.09. The number of benzene rings is 2. The van der Waals surface area contributed by atoms with Crippen molar-refractivity contribution in [3.05, 3.63) is 105 Å². The molecule has 1 aromatic heterocycles. The van der Waals surface area contributed by atoms with Crippen LogP contribution in [0.5, 0.6) is 0 Å². The first-order valence-electron chi connectivity index (χ1n) is 10.0. The average Bonchev–Trinajstić information content (AvgIpc) is 2.79. The van der Waals surface area contributed by atoms with Crippen LogP contribution in [0.4, 0.5) is 29.2 Å². The zero-order valence-electron chi connectivity index (χ0n) is 18.2. The molecule has 0 saturated carbocycles. The van der Waals surface area contributed by atoms with E-state index in [1.165, 1.54) is 6.20 Å². The van der Waals surface area contributed by atoms with E-state index >= 15 is 0 Å². The van der Waals surface area contributed by atoms with Gasteiger partial charge in [0.25, 0.3) is 0 Å². The van der Waals surface area contributed by atoms with Gasteiger partial charge in [-0.25, -0.2) is 13.2 Å². The number of anilines is 2. The van der Waals surface area contributed by atoms with Crippen molar-refractivity contribution >= 4 is 23.6 Å². The van der Waals surface area contributed by atoms with Gasteiger partial charge in [-0.2, -0.15) is 9.37 Å². The minimum absolute atomic E-state index is 0.00395. The summed E-state index contributed by atoms with van der Waals surface area (Å²) >= 11 is 0. The van der Waals surface area contributed by atoms with Gasteiger partial charge in [-0.3, -0.25) is 9.59 Å². The van der Waals surface area contributed by atoms with Crippen LogP contribution in [-0.4, -0.2) is 16.0 Å². The summed E-state index contributed by atoms with van der Waals surface area (Å²) < 4.78 is 55.7. The Bertz CT molecular complexity index is 1330. The Kier molecular flexibility index (Phi) is 7.62. The first-order valence-corrected chi connectivity index (χ1v) is 10.0. The molecule has 0 aliphatic heterocycles. The molecule has 3 rings (SSSR count). The smallest absolute Gasteiger partial charge is 0.310 e. The summed E-state index contributed by atoms with van der Waals surface area (Å²) in [5.41, 5.74) is 1.87. The zero-order valence-corrected chi connectivity index (χ0v) is 18.2. The first-order chi connectivity index (χ1) is 16.2. The lowest BCUT2D eigenvalue weighted by molar-refractivity contribution is -0.108. The molecule has 0 radical (unpaired) electrons. The number of nitrogens with one attached hydrogen (secondary N) is 2. The van der Waals surface area contributed by atoms with Crippen LogP contribution in [0.2, 0.25) is 0 Å². The molecule has 176 valence electrons. The lowest BCUT2D eigenvalue weighted by atomic mass is 10.0. The van der Waals surface area contributed by atoms with Crippen LogP contribution in [0.3, 0.4) is 0 Å². The number of hydrogen-bond acceptors (Lipinski definition) is 4. The van der Waals surface area contributed by atoms with Gasteiger partial charge in [-0.05, 0) is 60.4 Å². The maximum Gasteiger partial charge on any atom is 0.310 e. The Morgan fingerprint density at radius 3 is 2.47 bits per heavy atom. The second kappa shape index (κ2) is 10.6. The molecule has 1 amide bonds. The van der Waals surface area contributed by atoms with Crippen molar-refractivity contribution in [1.29, 1.82) is 0 Å². The number of aryl methyl sites for hydroxylation is 1. The van der Waals surface area contributed by atoms with E-state index in [9.17, 15) is 27.2 Å². The third-order valence-electron chi connectivity index (χ3n) is 4.90. The fraction of sp³-hybridized carbons (Fsp3) is 0.125. The molecule has 0 aliphatic rings. The number of rotatable bonds is 8. The van der Waals surface area contributed by atoms with E-state index in [1.807, 2.05) is 19.1 Å². The number of aromatic nitrogens is 2. The Hall–Kier alpha value is -4.21. The molecule has 0 spiro atoms. The highest BCUT2D eigenvalue weighted by atomic mass is 19.2. The molecule has 3 aromatic rings. The van der Waals surface area contributed by atoms with Gasteiger partial charge in [0.15, 0.2) is 17.5 Å². The van der Waals surface area contributed by atoms with Crippen LogP contribution in [0.25, 0.3) is 5.57 Å². The number of amides is 1. The van der Waals surface area contributed by atoms with Gasteiger partial charge < -0.3 is 15.2 Å². The van der Waals surface area contributed by atoms with Gasteiger partial charge in [0.05, 0.1) is 6.54 Å². The number of carbonyl (C=O) groups is 1. The molecule has 0 unspecified atom stereocenters. The lowest BCUT2D eigenvalue weighted by Gasteiger charge is -2.16. The van der Waals surface area contributed by atoms with Crippen molar-refractivity contribution in [2.45, 2.75) is 20.4 Å². The maximum atomic E-state index is 14.0. The second-order valence-corrected chi connectivity index (χ2v) is 7.37. The quantitative estimate of drug-likeness (QED) is 0.218. The lowest BCUT2D eigenvalue weighted by Crippen LogP contribution is -2.20. The molecule has 0 bridgehead atoms. The van der Waals surface area contributed by atoms with Crippen LogP contribution in [0, 0.1) is 30.2 Å². The minimum Gasteiger partial charge on any atom is -0.335 e. The summed E-state index contributed by atoms with van der Waals surface area (Å²) in [6.07, 6.45) is 6.28. The number of hydrogen-bond donors (Lipinski definition) is 2. The molecule has 2 aromatic carbocycles. The molecule has 34 heavy (non-hydrogen) atoms. The van der Waals surface area contributed by atoms with Crippen LogP contribution >= 0.6 is 0 Å². The number of halogens is 4. The molecule has 0 aliphatic carbocycles. The van der Waals surface area contributed by atoms with E-state index in [4.69, 9.17) is 0 Å². The van der Waals surface area contributed by atoms with Crippen molar-refractivity contribution in [3.8, 4) is 0 Å². The second-order valence-electron chi connectivity index (χ2n) is 7.37. The molecular formula is C24H20F4N4O2. The van der Waals surface area contributed by atoms with Crippen LogP contribution in [-0.2, 0) is 11.3 Å². The summed E-state index contributed by atoms with van der Waals surface area (Å²) in [7, 11) is 0. The topological polar surface area (TPSA) is 76.0 Å². The van der Waals surface area contributed by atoms with E-state index in [0.717, 1.165) is 39.6 Å². The molecule has 0 atom stereocenters. The van der Waals surface area contributed by atoms with Gasteiger partial charge in [-0.1, -0.05) is 18.2 Å². The van der Waals surface area contributed by atoms with E-state index in [-0.39, 0.29) is 18.1 Å². The van der Waals surface area contributed by atoms with E-state index < -0.39 is 28.8 Å². The highest BCUT2D eigenvalue weighted by Gasteiger charge is 2.14. The normalized spacial score (nSPS) is 11.6. The highest BCUT2D eigenvalue weighted by molar-refractivity contribution is 5.71. The number of nitrogens with zero attached hydrogens (tertiary/aromatic N) is 2. The predicted octanol–water partition coefficient (Wildman–Crippen LogP) is 4.56. The molecule has 1 heterocycles. The van der Waals surface area contributed by atoms with E-state index in [0.29, 0.717) is 12.1 Å². The van der Waals surface area contributed by atoms with Crippen LogP contribution < -0.4 is 16.2 Å². The highest BCUT2D eigenvalue weighted by Crippen LogP contribution is 2.25. The van der Waals surface area contributed by atoms with Gasteiger partial charge in [0.1, 0.15) is 0 Å². The third kappa shape index (κ3) is 5.77. The molecule has 0 fully saturated rings. The van der Waals surface area contributed by atoms with Crippen molar-refractivity contribution in [2.24, 2.45) is 0 Å². The summed E-state index contributed by atoms with van der Waals surface area (Å²) in [5.74, 6) is -5.62. The fourth-order valence-electron chi connectivity index (χ4n) is 3.09. The molecule has 6 nitrogen and oxygen atoms in total. The average molecular weight is 472 g/mol. The summed E-state index contributed by atoms with van der Waals surface area (Å²) in [5, 5.41) is 5.36. The maximum absolute atomic E-state index is 14.0. The van der Waals surface area contributed by atoms with Crippen molar-refractivity contribution in [1.82, 2.24) is 14.9 Å². The Balaban J connectivity index is 1.97. The summed E-state index contributed by atoms with van der Waals surface area (Å²) in [4.78, 5) is 25.9. The molecule has 0 saturated heterocycles. The Morgan fingerprint density at radius 2 is 1.79 bits per heavy atom. The standard InChI is InChI=1S/C24H20F4N4O2/c1-14(4-3-7-29-13-33)17-6-5-15(2)21(10-17)30-24-31-23(34)20(27)12-32(24)11-16-8-18(25)22(28)19(26)9-16/h3-10,12-13H,11H2,1-2H3,(H,29,33)(H,30,31,34)/b7-3-,14-4+. The van der Waals surface area contributed by atoms with Crippen molar-refractivity contribution in [3.63, 3.8) is 0 Å². The SMILES string of the molecule is C/C(=C\C=C/NC=O)c1ccc(C)c(Nc2nc(=O)c(F)cn2Cc2cc(F)c(F)c(F)c2)c1. The number of allylic oxidation sites excluding steroid dienone is 3. The molecular weight excluding hydrogens is 452 g/mol. The molecule has 2 N–H and O–H groups in total. The predicted molar refractivity (Wildman–Crippen MR) is 120 cm³/mol. The minimum atomic E-state index is -1.61. The van der Waals surface area contributed by atoms with Crippen molar-refractivity contribution < 1.29 is 22.4 Å². The van der Waals surface area contributed by atoms with Gasteiger partial charge in [0.2, 0.25) is 18.2 Å². The monoisotopic (exact) mass is 472 g/mol. The number of carbonyl (C=O) groups excluding carboxylic acids is 1. The zero-order chi connectivity index (χ0) is 24.8. The molecule has 10 heteroatoms. The van der Waals surface area contributed by atoms with Crippen molar-refractivity contribution in [2.75, 3.05) is 5.32 Å². The van der Waals surface area contributed by atoms with Gasteiger partial charge in [-0.15, -0.1) is 0 Å². The summed E-state index contributed by atoms with van der Waals surface area (Å²) in [6, 6.07) is 7.03. The largest absolute Gasteiger partial charge is 0.335 e. The van der Waals surface area contributed by atoms with E-state index in [1.54, 1.807) is 25.1 Å². The summed E-state index contributed by atoms with van der Waals surface area (Å²) in [6.45, 7) is 3.37. The van der Waals surface area contributed by atoms with E-state index in [2.05, 4.69) is 15.6 Å². The van der Waals surface area contributed by atoms with Gasteiger partial charge in [0, 0.05) is 18.1 Å². The Morgan fingerprint density at radius 1 is 1.09 bits per heavy atom. The van der Waals surface area contributed by atoms with Gasteiger partial charge >= 0.3 is 5.56 Å². The first kappa shape index (κ1) is 24.4. The third-order valence-corrected chi connectivity index (χ3v) is 4.90. The van der Waals surface area contributed by atoms with Crippen LogP contribution in [0.1, 0.15) is 23.6 Å². The van der Waals surface area contributed by atoms with Crippen LogP contribution in [0.15, 0.2) is 59.7 Å². The Labute approximate surface area is 192 Å².